The van der Waals surface area contributed by atoms with Crippen molar-refractivity contribution < 1.29 is 39.1 Å². The van der Waals surface area contributed by atoms with Crippen LogP contribution in [-0.2, 0) is 11.3 Å². The lowest BCUT2D eigenvalue weighted by Crippen LogP contribution is -2.31. The molecule has 0 spiro atoms. The van der Waals surface area contributed by atoms with E-state index in [1.54, 1.807) is 28.8 Å². The number of carbonyl (C=O) groups is 1. The Morgan fingerprint density at radius 2 is 1.72 bits per heavy atom. The number of nitrogens with zero attached hydrogens (tertiary/aromatic N) is 1. The number of fused-ring (bicyclic) bond motifs is 4. The predicted molar refractivity (Wildman–Crippen MR) is 156 cm³/mol. The summed E-state index contributed by atoms with van der Waals surface area (Å²) in [6.45, 7) is 4.33. The fourth-order valence-corrected chi connectivity index (χ4v) is 5.62. The first-order valence-electron chi connectivity index (χ1n) is 13.5. The van der Waals surface area contributed by atoms with Gasteiger partial charge in [0.15, 0.2) is 17.3 Å². The number of hydrogen-bond acceptors (Lipinski definition) is 10. The summed E-state index contributed by atoms with van der Waals surface area (Å²) in [5, 5.41) is 41.7. The third-order valence-electron chi connectivity index (χ3n) is 7.55. The van der Waals surface area contributed by atoms with Crippen LogP contribution >= 0.6 is 0 Å². The van der Waals surface area contributed by atoms with Crippen LogP contribution in [0.1, 0.15) is 37.3 Å². The van der Waals surface area contributed by atoms with Crippen molar-refractivity contribution in [1.82, 2.24) is 4.57 Å². The van der Waals surface area contributed by atoms with E-state index in [2.05, 4.69) is 0 Å². The molecule has 6 rings (SSSR count). The first-order valence-corrected chi connectivity index (χ1v) is 13.5. The molecule has 2 aromatic heterocycles. The van der Waals surface area contributed by atoms with Crippen LogP contribution in [0.2, 0.25) is 0 Å². The highest BCUT2D eigenvalue weighted by atomic mass is 16.5. The number of aromatic nitrogens is 1. The predicted octanol–water partition coefficient (Wildman–Crippen LogP) is 4.70. The van der Waals surface area contributed by atoms with E-state index in [1.807, 2.05) is 13.8 Å². The Bertz CT molecular complexity index is 2090. The van der Waals surface area contributed by atoms with E-state index in [-0.39, 0.29) is 57.1 Å². The Hall–Kier alpha value is -5.45. The second-order valence-corrected chi connectivity index (χ2v) is 10.9. The van der Waals surface area contributed by atoms with Gasteiger partial charge in [-0.2, -0.15) is 0 Å². The molecule has 3 heterocycles. The number of carbonyl (C=O) groups excluding carboxylic acids is 1. The molecule has 0 saturated carbocycles. The Labute approximate surface area is 243 Å². The average Bonchev–Trinajstić information content (AvgIpc) is 2.96. The van der Waals surface area contributed by atoms with E-state index in [9.17, 15) is 34.8 Å². The van der Waals surface area contributed by atoms with E-state index in [0.717, 1.165) is 18.2 Å². The van der Waals surface area contributed by atoms with Crippen molar-refractivity contribution in [3.8, 4) is 45.8 Å². The van der Waals surface area contributed by atoms with Gasteiger partial charge in [0.1, 0.15) is 28.2 Å². The van der Waals surface area contributed by atoms with Crippen molar-refractivity contribution in [1.29, 1.82) is 0 Å². The number of phenolic OH excluding ortho intramolecular Hbond substituents is 3. The minimum atomic E-state index is -0.986. The first-order chi connectivity index (χ1) is 20.5. The van der Waals surface area contributed by atoms with Gasteiger partial charge >= 0.3 is 5.97 Å². The zero-order valence-corrected chi connectivity index (χ0v) is 23.4. The number of aromatic hydroxyl groups is 4. The monoisotopic (exact) mass is 585 g/mol. The van der Waals surface area contributed by atoms with Crippen LogP contribution in [0.5, 0.6) is 34.5 Å². The highest BCUT2D eigenvalue weighted by Gasteiger charge is 2.36. The lowest BCUT2D eigenvalue weighted by molar-refractivity contribution is -0.135. The summed E-state index contributed by atoms with van der Waals surface area (Å²) < 4.78 is 18.5. The number of benzene rings is 3. The van der Waals surface area contributed by atoms with Gasteiger partial charge in [0.05, 0.1) is 19.0 Å². The fourth-order valence-electron chi connectivity index (χ4n) is 5.62. The van der Waals surface area contributed by atoms with Gasteiger partial charge < -0.3 is 38.9 Å². The maximum atomic E-state index is 14.1. The summed E-state index contributed by atoms with van der Waals surface area (Å²) in [5.41, 5.74) is -0.453. The molecular weight excluding hydrogens is 558 g/mol. The first kappa shape index (κ1) is 27.7. The number of hydrogen-bond donors (Lipinski definition) is 4. The number of pyridine rings is 1. The zero-order chi connectivity index (χ0) is 30.7. The second-order valence-electron chi connectivity index (χ2n) is 10.9. The summed E-state index contributed by atoms with van der Waals surface area (Å²) in [4.78, 5) is 40.4. The molecule has 1 aliphatic heterocycles. The summed E-state index contributed by atoms with van der Waals surface area (Å²) in [6, 6.07) is 11.6. The maximum Gasteiger partial charge on any atom is 0.312 e. The topological polar surface area (TPSA) is 169 Å². The van der Waals surface area contributed by atoms with Crippen molar-refractivity contribution in [2.24, 2.45) is 5.92 Å². The average molecular weight is 586 g/mol. The van der Waals surface area contributed by atoms with Crippen LogP contribution in [-0.4, -0.2) is 38.1 Å². The quantitative estimate of drug-likeness (QED) is 0.129. The van der Waals surface area contributed by atoms with E-state index in [4.69, 9.17) is 13.9 Å². The van der Waals surface area contributed by atoms with Crippen molar-refractivity contribution in [2.75, 3.05) is 7.11 Å². The van der Waals surface area contributed by atoms with Gasteiger partial charge in [0.25, 0.3) is 5.56 Å². The van der Waals surface area contributed by atoms with Gasteiger partial charge in [0.2, 0.25) is 11.2 Å². The molecule has 1 atom stereocenters. The summed E-state index contributed by atoms with van der Waals surface area (Å²) in [6.07, 6.45) is -0.279. The van der Waals surface area contributed by atoms with Crippen LogP contribution in [0, 0.1) is 5.92 Å². The highest BCUT2D eigenvalue weighted by Crippen LogP contribution is 2.47. The van der Waals surface area contributed by atoms with E-state index in [1.165, 1.54) is 13.2 Å². The number of esters is 1. The van der Waals surface area contributed by atoms with E-state index >= 15 is 0 Å². The molecule has 0 amide bonds. The molecule has 0 radical (unpaired) electrons. The Balaban J connectivity index is 1.70. The summed E-state index contributed by atoms with van der Waals surface area (Å²) >= 11 is 0. The molecule has 43 heavy (non-hydrogen) atoms. The lowest BCUT2D eigenvalue weighted by atomic mass is 9.85. The number of phenols is 3. The van der Waals surface area contributed by atoms with Crippen LogP contribution in [0.15, 0.2) is 62.5 Å². The van der Waals surface area contributed by atoms with Gasteiger partial charge in [0, 0.05) is 40.6 Å². The van der Waals surface area contributed by atoms with Crippen molar-refractivity contribution in [2.45, 2.75) is 32.7 Å². The standard InChI is InChI=1S/C32H27NO10/c1-14(2)13-33-20-6-5-17(41-3)8-16(20)9-19(32(33)40)18-11-25(37)42-24-12-23(36)27-28(38)29(39)30(43-31(27)26(18)24)15-4-7-21(34)22(35)10-15/h4-10,12,14,18,34-36,39H,11,13H2,1-3H3. The van der Waals surface area contributed by atoms with Crippen LogP contribution in [0.25, 0.3) is 33.2 Å². The molecule has 11 nitrogen and oxygen atoms in total. The molecule has 3 aromatic carbocycles. The van der Waals surface area contributed by atoms with E-state index in [0.29, 0.717) is 23.2 Å². The third-order valence-corrected chi connectivity index (χ3v) is 7.55. The molecule has 1 unspecified atom stereocenters. The van der Waals surface area contributed by atoms with Gasteiger partial charge in [-0.3, -0.25) is 14.4 Å². The SMILES string of the molecule is COc1ccc2c(c1)cc(C1CC(=O)Oc3cc(O)c4c(=O)c(O)c(-c5ccc(O)c(O)c5)oc4c31)c(=O)n2CC(C)C. The van der Waals surface area contributed by atoms with Crippen LogP contribution in [0.3, 0.4) is 0 Å². The Morgan fingerprint density at radius 3 is 2.42 bits per heavy atom. The lowest BCUT2D eigenvalue weighted by Gasteiger charge is -2.27. The van der Waals surface area contributed by atoms with Gasteiger partial charge in [-0.25, -0.2) is 0 Å². The largest absolute Gasteiger partial charge is 0.507 e. The molecule has 5 aromatic rings. The van der Waals surface area contributed by atoms with Gasteiger partial charge in [-0.05, 0) is 48.4 Å². The number of rotatable bonds is 5. The van der Waals surface area contributed by atoms with Crippen molar-refractivity contribution in [3.05, 3.63) is 80.2 Å². The smallest absolute Gasteiger partial charge is 0.312 e. The molecule has 0 fully saturated rings. The maximum absolute atomic E-state index is 14.1. The Kier molecular flexibility index (Phi) is 6.52. The highest BCUT2D eigenvalue weighted by molar-refractivity contribution is 5.94. The van der Waals surface area contributed by atoms with Gasteiger partial charge in [-0.15, -0.1) is 0 Å². The molecule has 11 heteroatoms. The summed E-state index contributed by atoms with van der Waals surface area (Å²) in [7, 11) is 1.53. The van der Waals surface area contributed by atoms with Gasteiger partial charge in [-0.1, -0.05) is 13.8 Å². The number of ether oxygens (including phenoxy) is 2. The van der Waals surface area contributed by atoms with E-state index < -0.39 is 40.3 Å². The molecule has 1 aliphatic rings. The molecule has 220 valence electrons. The molecule has 4 N–H and O–H groups in total. The van der Waals surface area contributed by atoms with Crippen LogP contribution < -0.4 is 20.5 Å². The van der Waals surface area contributed by atoms with Crippen molar-refractivity contribution >= 4 is 27.8 Å². The van der Waals surface area contributed by atoms with Crippen molar-refractivity contribution in [3.63, 3.8) is 0 Å². The molecule has 0 bridgehead atoms. The Morgan fingerprint density at radius 1 is 0.953 bits per heavy atom. The molecule has 0 saturated heterocycles. The third kappa shape index (κ3) is 4.49. The summed E-state index contributed by atoms with van der Waals surface area (Å²) in [5.74, 6) is -3.85. The minimum absolute atomic E-state index is 0.0466. The molecular formula is C32H27NO10. The van der Waals surface area contributed by atoms with Crippen LogP contribution in [0.4, 0.5) is 0 Å². The zero-order valence-electron chi connectivity index (χ0n) is 23.4. The number of methoxy groups -OCH3 is 1. The normalized spacial score (nSPS) is 14.7. The second kappa shape index (κ2) is 10.1. The minimum Gasteiger partial charge on any atom is -0.507 e. The fraction of sp³-hybridized carbons (Fsp3) is 0.219. The molecule has 0 aliphatic carbocycles.